The van der Waals surface area contributed by atoms with Gasteiger partial charge in [-0.1, -0.05) is 36.4 Å². The van der Waals surface area contributed by atoms with Crippen molar-refractivity contribution in [3.05, 3.63) is 65.1 Å². The van der Waals surface area contributed by atoms with Gasteiger partial charge in [-0.2, -0.15) is 4.31 Å². The maximum Gasteiger partial charge on any atom is 0.237 e. The number of hydrogen-bond donors (Lipinski definition) is 0. The lowest BCUT2D eigenvalue weighted by Crippen LogP contribution is -2.28. The largest absolute Gasteiger partial charge is 0.454 e. The number of rotatable bonds is 4. The maximum absolute atomic E-state index is 12.8. The second-order valence-corrected chi connectivity index (χ2v) is 8.66. The SMILES string of the molecule is O=S(=O)(C=Cc1ccccc1)N1CCSC1c1ccc2c(c1)OCO2. The summed E-state index contributed by atoms with van der Waals surface area (Å²) >= 11 is 1.61. The Labute approximate surface area is 151 Å². The molecule has 2 aliphatic rings. The Hall–Kier alpha value is -1.96. The lowest BCUT2D eigenvalue weighted by Gasteiger charge is -2.22. The fraction of sp³-hybridized carbons (Fsp3) is 0.222. The first-order valence-corrected chi connectivity index (χ1v) is 10.4. The third kappa shape index (κ3) is 3.40. The van der Waals surface area contributed by atoms with Gasteiger partial charge in [0, 0.05) is 17.7 Å². The van der Waals surface area contributed by atoms with Crippen molar-refractivity contribution in [2.24, 2.45) is 0 Å². The molecule has 0 bridgehead atoms. The average molecular weight is 375 g/mol. The highest BCUT2D eigenvalue weighted by atomic mass is 32.2. The molecule has 2 aromatic carbocycles. The van der Waals surface area contributed by atoms with E-state index in [1.807, 2.05) is 48.5 Å². The summed E-state index contributed by atoms with van der Waals surface area (Å²) < 4.78 is 37.9. The summed E-state index contributed by atoms with van der Waals surface area (Å²) in [5.74, 6) is 2.13. The molecular weight excluding hydrogens is 358 g/mol. The standard InChI is InChI=1S/C18H17NO4S2/c20-25(21,11-8-14-4-2-1-3-5-14)19-9-10-24-18(19)15-6-7-16-17(12-15)23-13-22-16/h1-8,11-12,18H,9-10,13H2. The van der Waals surface area contributed by atoms with E-state index in [1.54, 1.807) is 17.8 Å². The second-order valence-electron chi connectivity index (χ2n) is 5.70. The summed E-state index contributed by atoms with van der Waals surface area (Å²) in [6.45, 7) is 0.698. The number of nitrogens with zero attached hydrogens (tertiary/aromatic N) is 1. The van der Waals surface area contributed by atoms with Crippen LogP contribution in [0.4, 0.5) is 0 Å². The van der Waals surface area contributed by atoms with E-state index in [0.29, 0.717) is 18.0 Å². The van der Waals surface area contributed by atoms with Crippen molar-refractivity contribution in [3.63, 3.8) is 0 Å². The van der Waals surface area contributed by atoms with Gasteiger partial charge in [0.15, 0.2) is 11.5 Å². The van der Waals surface area contributed by atoms with Crippen molar-refractivity contribution < 1.29 is 17.9 Å². The fourth-order valence-corrected chi connectivity index (χ4v) is 5.87. The molecule has 0 spiro atoms. The quantitative estimate of drug-likeness (QED) is 0.819. The fourth-order valence-electron chi connectivity index (χ4n) is 2.85. The van der Waals surface area contributed by atoms with E-state index in [4.69, 9.17) is 9.47 Å². The molecule has 1 fully saturated rings. The Kier molecular flexibility index (Phi) is 4.45. The summed E-state index contributed by atoms with van der Waals surface area (Å²) in [6, 6.07) is 15.0. The van der Waals surface area contributed by atoms with Gasteiger partial charge in [-0.25, -0.2) is 8.42 Å². The number of benzene rings is 2. The van der Waals surface area contributed by atoms with Crippen molar-refractivity contribution in [2.45, 2.75) is 5.37 Å². The van der Waals surface area contributed by atoms with Crippen LogP contribution in [0.3, 0.4) is 0 Å². The zero-order chi connectivity index (χ0) is 17.3. The van der Waals surface area contributed by atoms with Gasteiger partial charge >= 0.3 is 0 Å². The predicted octanol–water partition coefficient (Wildman–Crippen LogP) is 3.46. The molecule has 5 nitrogen and oxygen atoms in total. The van der Waals surface area contributed by atoms with Crippen LogP contribution in [0, 0.1) is 0 Å². The van der Waals surface area contributed by atoms with Crippen molar-refractivity contribution in [1.29, 1.82) is 0 Å². The van der Waals surface area contributed by atoms with Gasteiger partial charge in [0.1, 0.15) is 0 Å². The second kappa shape index (κ2) is 6.74. The van der Waals surface area contributed by atoms with Gasteiger partial charge in [0.05, 0.1) is 5.37 Å². The van der Waals surface area contributed by atoms with E-state index >= 15 is 0 Å². The number of fused-ring (bicyclic) bond motifs is 1. The molecule has 0 N–H and O–H groups in total. The first-order chi connectivity index (χ1) is 12.1. The van der Waals surface area contributed by atoms with Crippen molar-refractivity contribution >= 4 is 27.9 Å². The van der Waals surface area contributed by atoms with Crippen LogP contribution >= 0.6 is 11.8 Å². The maximum atomic E-state index is 12.8. The van der Waals surface area contributed by atoms with Crippen LogP contribution in [-0.2, 0) is 10.0 Å². The molecule has 7 heteroatoms. The highest BCUT2D eigenvalue weighted by Crippen LogP contribution is 2.43. The van der Waals surface area contributed by atoms with Crippen LogP contribution in [0.1, 0.15) is 16.5 Å². The third-order valence-corrected chi connectivity index (χ3v) is 7.01. The lowest BCUT2D eigenvalue weighted by atomic mass is 10.2. The summed E-state index contributed by atoms with van der Waals surface area (Å²) in [4.78, 5) is 0. The molecule has 0 amide bonds. The first kappa shape index (κ1) is 16.5. The summed E-state index contributed by atoms with van der Waals surface area (Å²) in [6.07, 6.45) is 1.63. The van der Waals surface area contributed by atoms with Crippen LogP contribution in [0.15, 0.2) is 53.9 Å². The van der Waals surface area contributed by atoms with Gasteiger partial charge in [-0.05, 0) is 29.3 Å². The summed E-state index contributed by atoms with van der Waals surface area (Å²) in [7, 11) is -3.51. The molecular formula is C18H17NO4S2. The Balaban J connectivity index is 1.59. The minimum absolute atomic E-state index is 0.207. The third-order valence-electron chi connectivity index (χ3n) is 4.09. The van der Waals surface area contributed by atoms with Gasteiger partial charge in [0.25, 0.3) is 0 Å². The number of ether oxygens (including phenoxy) is 2. The minimum Gasteiger partial charge on any atom is -0.454 e. The Morgan fingerprint density at radius 1 is 1.08 bits per heavy atom. The van der Waals surface area contributed by atoms with E-state index in [2.05, 4.69) is 0 Å². The number of hydrogen-bond acceptors (Lipinski definition) is 5. The number of thioether (sulfide) groups is 1. The Morgan fingerprint density at radius 3 is 2.72 bits per heavy atom. The molecule has 2 heterocycles. The molecule has 1 atom stereocenters. The molecule has 130 valence electrons. The topological polar surface area (TPSA) is 55.8 Å². The van der Waals surface area contributed by atoms with Gasteiger partial charge < -0.3 is 9.47 Å². The predicted molar refractivity (Wildman–Crippen MR) is 98.9 cm³/mol. The van der Waals surface area contributed by atoms with E-state index < -0.39 is 10.0 Å². The first-order valence-electron chi connectivity index (χ1n) is 7.90. The molecule has 0 radical (unpaired) electrons. The normalized spacial score (nSPS) is 20.4. The molecule has 2 aromatic rings. The van der Waals surface area contributed by atoms with Crippen LogP contribution in [0.2, 0.25) is 0 Å². The molecule has 0 aromatic heterocycles. The van der Waals surface area contributed by atoms with Crippen molar-refractivity contribution in [2.75, 3.05) is 19.1 Å². The Morgan fingerprint density at radius 2 is 1.88 bits per heavy atom. The Bertz CT molecular complexity index is 897. The molecule has 0 aliphatic carbocycles. The molecule has 2 aliphatic heterocycles. The highest BCUT2D eigenvalue weighted by molar-refractivity contribution is 8.01. The van der Waals surface area contributed by atoms with Gasteiger partial charge in [-0.15, -0.1) is 11.8 Å². The smallest absolute Gasteiger partial charge is 0.237 e. The summed E-state index contributed by atoms with van der Waals surface area (Å²) in [5.41, 5.74) is 1.76. The monoisotopic (exact) mass is 375 g/mol. The molecule has 1 unspecified atom stereocenters. The van der Waals surface area contributed by atoms with Crippen molar-refractivity contribution in [3.8, 4) is 11.5 Å². The average Bonchev–Trinajstić information content (AvgIpc) is 3.29. The van der Waals surface area contributed by atoms with Crippen LogP contribution in [-0.4, -0.2) is 31.8 Å². The van der Waals surface area contributed by atoms with Gasteiger partial charge in [0.2, 0.25) is 16.8 Å². The van der Waals surface area contributed by atoms with E-state index in [1.165, 1.54) is 9.71 Å². The summed E-state index contributed by atoms with van der Waals surface area (Å²) in [5, 5.41) is 1.04. The number of sulfonamides is 1. The van der Waals surface area contributed by atoms with E-state index in [0.717, 1.165) is 16.9 Å². The zero-order valence-electron chi connectivity index (χ0n) is 13.4. The molecule has 4 rings (SSSR count). The molecule has 25 heavy (non-hydrogen) atoms. The van der Waals surface area contributed by atoms with E-state index in [-0.39, 0.29) is 12.2 Å². The van der Waals surface area contributed by atoms with Crippen molar-refractivity contribution in [1.82, 2.24) is 4.31 Å². The highest BCUT2D eigenvalue weighted by Gasteiger charge is 2.35. The molecule has 0 saturated carbocycles. The minimum atomic E-state index is -3.51. The van der Waals surface area contributed by atoms with E-state index in [9.17, 15) is 8.42 Å². The van der Waals surface area contributed by atoms with Crippen LogP contribution in [0.25, 0.3) is 6.08 Å². The van der Waals surface area contributed by atoms with Crippen LogP contribution in [0.5, 0.6) is 11.5 Å². The van der Waals surface area contributed by atoms with Gasteiger partial charge in [-0.3, -0.25) is 0 Å². The zero-order valence-corrected chi connectivity index (χ0v) is 15.0. The molecule has 1 saturated heterocycles. The lowest BCUT2D eigenvalue weighted by molar-refractivity contribution is 0.174. The van der Waals surface area contributed by atoms with Crippen LogP contribution < -0.4 is 9.47 Å².